The maximum atomic E-state index is 12.4. The van der Waals surface area contributed by atoms with Gasteiger partial charge >= 0.3 is 0 Å². The summed E-state index contributed by atoms with van der Waals surface area (Å²) in [5.74, 6) is 0.136. The first-order valence-corrected chi connectivity index (χ1v) is 7.69. The summed E-state index contributed by atoms with van der Waals surface area (Å²) in [6, 6.07) is 18.0. The molecule has 112 valence electrons. The van der Waals surface area contributed by atoms with Crippen molar-refractivity contribution < 1.29 is 4.79 Å². The van der Waals surface area contributed by atoms with Gasteiger partial charge in [0.1, 0.15) is 0 Å². The molecule has 0 radical (unpaired) electrons. The number of hydrogen-bond donors (Lipinski definition) is 0. The molecule has 0 spiro atoms. The van der Waals surface area contributed by atoms with E-state index in [0.717, 1.165) is 28.8 Å². The maximum absolute atomic E-state index is 12.4. The lowest BCUT2D eigenvalue weighted by atomic mass is 10.1. The van der Waals surface area contributed by atoms with Crippen molar-refractivity contribution in [1.29, 1.82) is 0 Å². The van der Waals surface area contributed by atoms with Gasteiger partial charge in [-0.3, -0.25) is 9.48 Å². The second-order valence-corrected chi connectivity index (χ2v) is 5.79. The molecule has 3 aromatic rings. The van der Waals surface area contributed by atoms with Gasteiger partial charge in [0, 0.05) is 29.3 Å². The summed E-state index contributed by atoms with van der Waals surface area (Å²) >= 11 is 0. The number of Topliss-reactive ketones (excluding diaryl/α,β-unsaturated/α-hetero) is 1. The monoisotopic (exact) mass is 300 g/mol. The lowest BCUT2D eigenvalue weighted by Crippen LogP contribution is -1.99. The van der Waals surface area contributed by atoms with Crippen LogP contribution in [0.2, 0.25) is 0 Å². The first-order chi connectivity index (χ1) is 11.3. The fourth-order valence-corrected chi connectivity index (χ4v) is 2.98. The Balaban J connectivity index is 1.56. The number of fused-ring (bicyclic) bond motifs is 1. The van der Waals surface area contributed by atoms with Crippen molar-refractivity contribution in [2.24, 2.45) is 0 Å². The minimum absolute atomic E-state index is 0.136. The van der Waals surface area contributed by atoms with Gasteiger partial charge in [-0.25, -0.2) is 0 Å². The van der Waals surface area contributed by atoms with Crippen LogP contribution in [0.5, 0.6) is 0 Å². The summed E-state index contributed by atoms with van der Waals surface area (Å²) in [5.41, 5.74) is 4.96. The Morgan fingerprint density at radius 3 is 2.65 bits per heavy atom. The summed E-state index contributed by atoms with van der Waals surface area (Å²) in [4.78, 5) is 12.4. The van der Waals surface area contributed by atoms with Crippen LogP contribution in [-0.2, 0) is 13.0 Å². The van der Waals surface area contributed by atoms with Crippen LogP contribution in [0, 0.1) is 0 Å². The Labute approximate surface area is 134 Å². The zero-order chi connectivity index (χ0) is 15.6. The van der Waals surface area contributed by atoms with Gasteiger partial charge in [0.15, 0.2) is 5.78 Å². The molecular weight excluding hydrogens is 284 g/mol. The minimum atomic E-state index is 0.136. The number of rotatable bonds is 3. The number of carbonyl (C=O) groups excluding carboxylic acids is 1. The van der Waals surface area contributed by atoms with Gasteiger partial charge in [0.25, 0.3) is 0 Å². The van der Waals surface area contributed by atoms with E-state index < -0.39 is 0 Å². The van der Waals surface area contributed by atoms with E-state index in [1.54, 1.807) is 0 Å². The molecule has 3 heteroatoms. The topological polar surface area (TPSA) is 34.9 Å². The molecule has 2 aromatic carbocycles. The molecular formula is C20H16N2O. The van der Waals surface area contributed by atoms with Crippen molar-refractivity contribution >= 4 is 11.9 Å². The molecule has 1 heterocycles. The average Bonchev–Trinajstić information content (AvgIpc) is 3.14. The van der Waals surface area contributed by atoms with Gasteiger partial charge in [-0.05, 0) is 17.2 Å². The van der Waals surface area contributed by atoms with Crippen molar-refractivity contribution in [2.45, 2.75) is 13.0 Å². The lowest BCUT2D eigenvalue weighted by Gasteiger charge is -2.00. The molecule has 0 saturated carbocycles. The summed E-state index contributed by atoms with van der Waals surface area (Å²) in [5, 5.41) is 4.39. The third kappa shape index (κ3) is 2.73. The van der Waals surface area contributed by atoms with Crippen molar-refractivity contribution in [3.63, 3.8) is 0 Å². The minimum Gasteiger partial charge on any atom is -0.289 e. The highest BCUT2D eigenvalue weighted by molar-refractivity contribution is 6.15. The molecule has 0 fully saturated rings. The Morgan fingerprint density at radius 2 is 1.83 bits per heavy atom. The molecule has 0 unspecified atom stereocenters. The normalized spacial score (nSPS) is 15.1. The van der Waals surface area contributed by atoms with Crippen LogP contribution >= 0.6 is 0 Å². The van der Waals surface area contributed by atoms with Crippen molar-refractivity contribution in [2.75, 3.05) is 0 Å². The number of benzene rings is 2. The highest BCUT2D eigenvalue weighted by atomic mass is 16.1. The third-order valence-corrected chi connectivity index (χ3v) is 4.12. The van der Waals surface area contributed by atoms with E-state index >= 15 is 0 Å². The highest BCUT2D eigenvalue weighted by Crippen LogP contribution is 2.27. The van der Waals surface area contributed by atoms with Gasteiger partial charge in [0.2, 0.25) is 0 Å². The molecule has 23 heavy (non-hydrogen) atoms. The number of carbonyl (C=O) groups is 1. The SMILES string of the molecule is O=C1/C(=C/c2cnn(Cc3ccccc3)c2)Cc2ccccc21. The Morgan fingerprint density at radius 1 is 1.04 bits per heavy atom. The third-order valence-electron chi connectivity index (χ3n) is 4.12. The summed E-state index contributed by atoms with van der Waals surface area (Å²) < 4.78 is 1.90. The molecule has 0 bridgehead atoms. The van der Waals surface area contributed by atoms with E-state index in [2.05, 4.69) is 17.2 Å². The number of aromatic nitrogens is 2. The molecule has 1 aromatic heterocycles. The van der Waals surface area contributed by atoms with Gasteiger partial charge < -0.3 is 0 Å². The zero-order valence-corrected chi connectivity index (χ0v) is 12.6. The molecule has 0 amide bonds. The van der Waals surface area contributed by atoms with Crippen LogP contribution in [0.4, 0.5) is 0 Å². The molecule has 0 aliphatic heterocycles. The molecule has 1 aliphatic rings. The van der Waals surface area contributed by atoms with Gasteiger partial charge in [-0.15, -0.1) is 0 Å². The zero-order valence-electron chi connectivity index (χ0n) is 12.6. The first-order valence-electron chi connectivity index (χ1n) is 7.69. The molecule has 0 N–H and O–H groups in total. The van der Waals surface area contributed by atoms with E-state index in [0.29, 0.717) is 6.42 Å². The summed E-state index contributed by atoms with van der Waals surface area (Å²) in [7, 11) is 0. The van der Waals surface area contributed by atoms with Crippen LogP contribution in [-0.4, -0.2) is 15.6 Å². The molecule has 0 saturated heterocycles. The van der Waals surface area contributed by atoms with E-state index in [9.17, 15) is 4.79 Å². The first kappa shape index (κ1) is 13.7. The standard InChI is InChI=1S/C20H16N2O/c23-20-18(11-17-8-4-5-9-19(17)20)10-16-12-21-22(14-16)13-15-6-2-1-3-7-15/h1-10,12,14H,11,13H2/b18-10+. The van der Waals surface area contributed by atoms with Crippen molar-refractivity contribution in [3.05, 3.63) is 94.8 Å². The van der Waals surface area contributed by atoms with Crippen LogP contribution in [0.3, 0.4) is 0 Å². The van der Waals surface area contributed by atoms with Gasteiger partial charge in [0.05, 0.1) is 12.7 Å². The fraction of sp³-hybridized carbons (Fsp3) is 0.100. The van der Waals surface area contributed by atoms with E-state index in [-0.39, 0.29) is 5.78 Å². The number of hydrogen-bond acceptors (Lipinski definition) is 2. The van der Waals surface area contributed by atoms with Crippen molar-refractivity contribution in [1.82, 2.24) is 9.78 Å². The smallest absolute Gasteiger partial charge is 0.189 e. The molecule has 4 rings (SSSR count). The van der Waals surface area contributed by atoms with Crippen LogP contribution in [0.25, 0.3) is 6.08 Å². The maximum Gasteiger partial charge on any atom is 0.189 e. The average molecular weight is 300 g/mol. The molecule has 3 nitrogen and oxygen atoms in total. The largest absolute Gasteiger partial charge is 0.289 e. The number of ketones is 1. The highest BCUT2D eigenvalue weighted by Gasteiger charge is 2.23. The molecule has 0 atom stereocenters. The predicted molar refractivity (Wildman–Crippen MR) is 90.2 cm³/mol. The Bertz CT molecular complexity index is 891. The number of allylic oxidation sites excluding steroid dienone is 1. The quantitative estimate of drug-likeness (QED) is 0.690. The van der Waals surface area contributed by atoms with Crippen molar-refractivity contribution in [3.8, 4) is 0 Å². The van der Waals surface area contributed by atoms with E-state index in [1.807, 2.05) is 65.6 Å². The van der Waals surface area contributed by atoms with E-state index in [1.165, 1.54) is 5.56 Å². The van der Waals surface area contributed by atoms with E-state index in [4.69, 9.17) is 0 Å². The summed E-state index contributed by atoms with van der Waals surface area (Å²) in [6.45, 7) is 0.734. The van der Waals surface area contributed by atoms with Crippen LogP contribution in [0.15, 0.2) is 72.6 Å². The molecule has 1 aliphatic carbocycles. The fourth-order valence-electron chi connectivity index (χ4n) is 2.98. The van der Waals surface area contributed by atoms with Gasteiger partial charge in [-0.2, -0.15) is 5.10 Å². The second kappa shape index (κ2) is 5.69. The second-order valence-electron chi connectivity index (χ2n) is 5.79. The Hall–Kier alpha value is -2.94. The van der Waals surface area contributed by atoms with Gasteiger partial charge in [-0.1, -0.05) is 54.6 Å². The lowest BCUT2D eigenvalue weighted by molar-refractivity contribution is 0.104. The van der Waals surface area contributed by atoms with Crippen LogP contribution < -0.4 is 0 Å². The Kier molecular flexibility index (Phi) is 3.39. The number of nitrogens with zero attached hydrogens (tertiary/aromatic N) is 2. The van der Waals surface area contributed by atoms with Crippen LogP contribution in [0.1, 0.15) is 27.0 Å². The summed E-state index contributed by atoms with van der Waals surface area (Å²) in [6.07, 6.45) is 6.46. The predicted octanol–water partition coefficient (Wildman–Crippen LogP) is 3.75.